The van der Waals surface area contributed by atoms with E-state index < -0.39 is 9.84 Å². The monoisotopic (exact) mass is 371 g/mol. The van der Waals surface area contributed by atoms with Gasteiger partial charge in [0.25, 0.3) is 5.91 Å². The third-order valence-electron chi connectivity index (χ3n) is 5.00. The van der Waals surface area contributed by atoms with Crippen LogP contribution in [0.4, 0.5) is 0 Å². The molecule has 0 heterocycles. The molecule has 0 aliphatic heterocycles. The van der Waals surface area contributed by atoms with Gasteiger partial charge in [-0.25, -0.2) is 8.42 Å². The van der Waals surface area contributed by atoms with Gasteiger partial charge in [0.05, 0.1) is 10.6 Å². The molecule has 0 aromatic heterocycles. The summed E-state index contributed by atoms with van der Waals surface area (Å²) in [5.74, 6) is 0.497. The zero-order valence-corrected chi connectivity index (χ0v) is 15.8. The van der Waals surface area contributed by atoms with E-state index in [0.29, 0.717) is 16.0 Å². The smallest absolute Gasteiger partial charge is 0.251 e. The van der Waals surface area contributed by atoms with Crippen molar-refractivity contribution in [1.29, 1.82) is 0 Å². The molecule has 2 aromatic rings. The Bertz CT molecular complexity index is 854. The fourth-order valence-electron chi connectivity index (χ4n) is 3.41. The molecule has 0 unspecified atom stereocenters. The van der Waals surface area contributed by atoms with Crippen LogP contribution in [-0.4, -0.2) is 20.4 Å². The SMILES string of the molecule is CC1CCC(NC(=O)c2cccc(CS(=O)(=O)c3ccccc3)c2)CC1. The summed E-state index contributed by atoms with van der Waals surface area (Å²) < 4.78 is 25.1. The van der Waals surface area contributed by atoms with Gasteiger partial charge in [0.15, 0.2) is 9.84 Å². The summed E-state index contributed by atoms with van der Waals surface area (Å²) in [6.07, 6.45) is 4.30. The number of carbonyl (C=O) groups is 1. The molecule has 0 saturated heterocycles. The highest BCUT2D eigenvalue weighted by Crippen LogP contribution is 2.24. The molecule has 1 aliphatic rings. The van der Waals surface area contributed by atoms with Crippen molar-refractivity contribution in [2.24, 2.45) is 5.92 Å². The number of nitrogens with one attached hydrogen (secondary N) is 1. The second-order valence-corrected chi connectivity index (χ2v) is 9.19. The zero-order valence-electron chi connectivity index (χ0n) is 15.0. The molecular formula is C21H25NO3S. The third-order valence-corrected chi connectivity index (χ3v) is 6.70. The van der Waals surface area contributed by atoms with Crippen LogP contribution in [-0.2, 0) is 15.6 Å². The van der Waals surface area contributed by atoms with Gasteiger partial charge in [-0.15, -0.1) is 0 Å². The summed E-state index contributed by atoms with van der Waals surface area (Å²) in [5.41, 5.74) is 1.14. The Morgan fingerprint density at radius 2 is 1.69 bits per heavy atom. The van der Waals surface area contributed by atoms with Gasteiger partial charge in [-0.1, -0.05) is 37.3 Å². The van der Waals surface area contributed by atoms with Gasteiger partial charge in [0.2, 0.25) is 0 Å². The van der Waals surface area contributed by atoms with Crippen LogP contribution in [0.1, 0.15) is 48.5 Å². The molecule has 1 fully saturated rings. The van der Waals surface area contributed by atoms with E-state index >= 15 is 0 Å². The van der Waals surface area contributed by atoms with Crippen molar-refractivity contribution in [3.8, 4) is 0 Å². The Morgan fingerprint density at radius 1 is 1.00 bits per heavy atom. The molecule has 0 radical (unpaired) electrons. The number of hydrogen-bond acceptors (Lipinski definition) is 3. The topological polar surface area (TPSA) is 63.2 Å². The lowest BCUT2D eigenvalue weighted by Crippen LogP contribution is -2.37. The number of benzene rings is 2. The van der Waals surface area contributed by atoms with Crippen molar-refractivity contribution in [1.82, 2.24) is 5.32 Å². The normalized spacial score (nSPS) is 20.5. The lowest BCUT2D eigenvalue weighted by Gasteiger charge is -2.27. The average molecular weight is 372 g/mol. The highest BCUT2D eigenvalue weighted by Gasteiger charge is 2.21. The van der Waals surface area contributed by atoms with E-state index in [-0.39, 0.29) is 17.7 Å². The highest BCUT2D eigenvalue weighted by atomic mass is 32.2. The van der Waals surface area contributed by atoms with E-state index in [2.05, 4.69) is 12.2 Å². The predicted molar refractivity (Wildman–Crippen MR) is 103 cm³/mol. The van der Waals surface area contributed by atoms with Gasteiger partial charge in [-0.2, -0.15) is 0 Å². The molecule has 138 valence electrons. The highest BCUT2D eigenvalue weighted by molar-refractivity contribution is 7.90. The minimum absolute atomic E-state index is 0.112. The molecule has 0 atom stereocenters. The van der Waals surface area contributed by atoms with Crippen LogP contribution < -0.4 is 5.32 Å². The summed E-state index contributed by atoms with van der Waals surface area (Å²) >= 11 is 0. The van der Waals surface area contributed by atoms with Gasteiger partial charge in [-0.05, 0) is 61.4 Å². The number of carbonyl (C=O) groups excluding carboxylic acids is 1. The first-order valence-electron chi connectivity index (χ1n) is 9.11. The second-order valence-electron chi connectivity index (χ2n) is 7.20. The van der Waals surface area contributed by atoms with Gasteiger partial charge in [0, 0.05) is 11.6 Å². The summed E-state index contributed by atoms with van der Waals surface area (Å²) in [5, 5.41) is 3.09. The van der Waals surface area contributed by atoms with Crippen molar-refractivity contribution in [3.63, 3.8) is 0 Å². The number of amides is 1. The zero-order chi connectivity index (χ0) is 18.6. The quantitative estimate of drug-likeness (QED) is 0.865. The van der Waals surface area contributed by atoms with Crippen LogP contribution in [0.25, 0.3) is 0 Å². The maximum Gasteiger partial charge on any atom is 0.251 e. The Balaban J connectivity index is 1.69. The van der Waals surface area contributed by atoms with Crippen molar-refractivity contribution >= 4 is 15.7 Å². The Kier molecular flexibility index (Phi) is 5.77. The number of rotatable bonds is 5. The summed E-state index contributed by atoms with van der Waals surface area (Å²) in [6.45, 7) is 2.24. The van der Waals surface area contributed by atoms with Gasteiger partial charge >= 0.3 is 0 Å². The van der Waals surface area contributed by atoms with Crippen LogP contribution >= 0.6 is 0 Å². The number of sulfone groups is 1. The number of hydrogen-bond donors (Lipinski definition) is 1. The van der Waals surface area contributed by atoms with Crippen molar-refractivity contribution in [2.75, 3.05) is 0 Å². The molecule has 5 heteroatoms. The van der Waals surface area contributed by atoms with E-state index in [9.17, 15) is 13.2 Å². The minimum atomic E-state index is -3.42. The molecule has 0 spiro atoms. The van der Waals surface area contributed by atoms with Crippen molar-refractivity contribution in [2.45, 2.75) is 49.3 Å². The van der Waals surface area contributed by atoms with Gasteiger partial charge in [0.1, 0.15) is 0 Å². The molecule has 1 aliphatic carbocycles. The maximum atomic E-state index is 12.5. The van der Waals surface area contributed by atoms with Crippen LogP contribution in [0.5, 0.6) is 0 Å². The van der Waals surface area contributed by atoms with E-state index in [1.807, 2.05) is 0 Å². The molecule has 2 aromatic carbocycles. The standard InChI is InChI=1S/C21H25NO3S/c1-16-10-12-19(13-11-16)22-21(23)18-7-5-6-17(14-18)15-26(24,25)20-8-3-2-4-9-20/h2-9,14,16,19H,10-13,15H2,1H3,(H,22,23). The Labute approximate surface area is 155 Å². The fraction of sp³-hybridized carbons (Fsp3) is 0.381. The Hall–Kier alpha value is -2.14. The summed E-state index contributed by atoms with van der Waals surface area (Å²) in [6, 6.07) is 15.5. The second kappa shape index (κ2) is 8.04. The Morgan fingerprint density at radius 3 is 2.38 bits per heavy atom. The lowest BCUT2D eigenvalue weighted by molar-refractivity contribution is 0.0923. The minimum Gasteiger partial charge on any atom is -0.349 e. The molecule has 0 bridgehead atoms. The molecule has 1 N–H and O–H groups in total. The fourth-order valence-corrected chi connectivity index (χ4v) is 4.76. The third kappa shape index (κ3) is 4.73. The van der Waals surface area contributed by atoms with E-state index in [1.54, 1.807) is 54.6 Å². The van der Waals surface area contributed by atoms with E-state index in [4.69, 9.17) is 0 Å². The first-order valence-corrected chi connectivity index (χ1v) is 10.8. The molecular weight excluding hydrogens is 346 g/mol. The van der Waals surface area contributed by atoms with Crippen LogP contribution in [0.3, 0.4) is 0 Å². The summed E-state index contributed by atoms with van der Waals surface area (Å²) in [7, 11) is -3.42. The average Bonchev–Trinajstić information content (AvgIpc) is 2.64. The van der Waals surface area contributed by atoms with Crippen LogP contribution in [0.15, 0.2) is 59.5 Å². The molecule has 3 rings (SSSR count). The van der Waals surface area contributed by atoms with Crippen molar-refractivity contribution < 1.29 is 13.2 Å². The maximum absolute atomic E-state index is 12.5. The van der Waals surface area contributed by atoms with Gasteiger partial charge < -0.3 is 5.32 Å². The molecule has 4 nitrogen and oxygen atoms in total. The van der Waals surface area contributed by atoms with E-state index in [1.165, 1.54) is 0 Å². The molecule has 26 heavy (non-hydrogen) atoms. The predicted octanol–water partition coefficient (Wildman–Crippen LogP) is 3.97. The van der Waals surface area contributed by atoms with Crippen molar-refractivity contribution in [3.05, 3.63) is 65.7 Å². The molecule has 1 saturated carbocycles. The van der Waals surface area contributed by atoms with E-state index in [0.717, 1.165) is 31.6 Å². The summed E-state index contributed by atoms with van der Waals surface area (Å²) in [4.78, 5) is 12.8. The van der Waals surface area contributed by atoms with Crippen LogP contribution in [0, 0.1) is 5.92 Å². The van der Waals surface area contributed by atoms with Crippen LogP contribution in [0.2, 0.25) is 0 Å². The largest absolute Gasteiger partial charge is 0.349 e. The van der Waals surface area contributed by atoms with Gasteiger partial charge in [-0.3, -0.25) is 4.79 Å². The first-order chi connectivity index (χ1) is 12.4. The lowest BCUT2D eigenvalue weighted by atomic mass is 9.87. The molecule has 1 amide bonds. The first kappa shape index (κ1) is 18.6.